The van der Waals surface area contributed by atoms with Crippen LogP contribution in [0.4, 0.5) is 5.82 Å². The number of nitrogens with zero attached hydrogens (tertiary/aromatic N) is 2. The van der Waals surface area contributed by atoms with Crippen molar-refractivity contribution >= 4 is 57.9 Å². The lowest BCUT2D eigenvalue weighted by Crippen LogP contribution is -2.16. The molecule has 0 spiro atoms. The molecular formula is C15H10Cl3N3OS. The molecule has 0 bridgehead atoms. The first-order valence-corrected chi connectivity index (χ1v) is 8.50. The molecule has 1 N–H and O–H groups in total. The predicted octanol–water partition coefficient (Wildman–Crippen LogP) is 5.21. The molecule has 0 unspecified atom stereocenters. The fraction of sp³-hybridized carbons (Fsp3) is 0.0667. The maximum atomic E-state index is 12.3. The first-order chi connectivity index (χ1) is 11.0. The van der Waals surface area contributed by atoms with Gasteiger partial charge in [0.2, 0.25) is 0 Å². The number of halogens is 3. The molecule has 3 rings (SSSR count). The summed E-state index contributed by atoms with van der Waals surface area (Å²) in [6.45, 7) is 0.512. The van der Waals surface area contributed by atoms with Crippen molar-refractivity contribution in [1.29, 1.82) is 0 Å². The van der Waals surface area contributed by atoms with Gasteiger partial charge in [-0.15, -0.1) is 11.3 Å². The molecule has 0 atom stereocenters. The van der Waals surface area contributed by atoms with Crippen molar-refractivity contribution in [2.45, 2.75) is 6.54 Å². The average Bonchev–Trinajstić information content (AvgIpc) is 3.08. The smallest absolute Gasteiger partial charge is 0.259 e. The minimum atomic E-state index is -0.323. The van der Waals surface area contributed by atoms with Crippen molar-refractivity contribution in [3.63, 3.8) is 0 Å². The molecule has 4 nitrogen and oxygen atoms in total. The highest BCUT2D eigenvalue weighted by Gasteiger charge is 2.16. The van der Waals surface area contributed by atoms with E-state index in [0.717, 1.165) is 16.9 Å². The number of carbonyl (C=O) groups is 1. The quantitative estimate of drug-likeness (QED) is 0.669. The van der Waals surface area contributed by atoms with Crippen LogP contribution in [0.1, 0.15) is 15.9 Å². The van der Waals surface area contributed by atoms with Crippen LogP contribution >= 0.6 is 46.1 Å². The number of anilines is 1. The summed E-state index contributed by atoms with van der Waals surface area (Å²) in [6.07, 6.45) is 1.62. The van der Waals surface area contributed by atoms with E-state index < -0.39 is 0 Å². The van der Waals surface area contributed by atoms with Gasteiger partial charge in [-0.05, 0) is 23.8 Å². The predicted molar refractivity (Wildman–Crippen MR) is 95.1 cm³/mol. The number of carbonyl (C=O) groups excluding carboxylic acids is 1. The highest BCUT2D eigenvalue weighted by atomic mass is 35.5. The second kappa shape index (κ2) is 6.93. The molecule has 0 fully saturated rings. The van der Waals surface area contributed by atoms with Crippen LogP contribution in [0.5, 0.6) is 0 Å². The number of amides is 1. The van der Waals surface area contributed by atoms with Gasteiger partial charge in [0.1, 0.15) is 10.2 Å². The van der Waals surface area contributed by atoms with E-state index in [9.17, 15) is 4.79 Å². The molecule has 0 aliphatic heterocycles. The van der Waals surface area contributed by atoms with Gasteiger partial charge >= 0.3 is 0 Å². The molecule has 0 saturated heterocycles. The molecule has 0 radical (unpaired) electrons. The van der Waals surface area contributed by atoms with Gasteiger partial charge in [-0.1, -0.05) is 46.9 Å². The number of nitrogens with one attached hydrogen (secondary N) is 1. The van der Waals surface area contributed by atoms with Crippen LogP contribution in [-0.2, 0) is 6.54 Å². The zero-order valence-corrected chi connectivity index (χ0v) is 14.7. The number of thiophene rings is 1. The van der Waals surface area contributed by atoms with E-state index in [4.69, 9.17) is 34.8 Å². The zero-order valence-electron chi connectivity index (χ0n) is 11.6. The molecule has 118 valence electrons. The Kier molecular flexibility index (Phi) is 4.92. The van der Waals surface area contributed by atoms with Crippen LogP contribution in [0.3, 0.4) is 0 Å². The van der Waals surface area contributed by atoms with Gasteiger partial charge in [0.15, 0.2) is 0 Å². The van der Waals surface area contributed by atoms with Crippen LogP contribution in [0, 0.1) is 0 Å². The van der Waals surface area contributed by atoms with E-state index in [2.05, 4.69) is 10.4 Å². The van der Waals surface area contributed by atoms with Crippen LogP contribution in [0.15, 0.2) is 42.6 Å². The molecule has 2 heterocycles. The Morgan fingerprint density at radius 2 is 1.91 bits per heavy atom. The largest absolute Gasteiger partial charge is 0.307 e. The van der Waals surface area contributed by atoms with Crippen LogP contribution in [0.2, 0.25) is 13.7 Å². The van der Waals surface area contributed by atoms with Gasteiger partial charge in [0.05, 0.1) is 22.6 Å². The lowest BCUT2D eigenvalue weighted by molar-refractivity contribution is 0.102. The summed E-state index contributed by atoms with van der Waals surface area (Å²) < 4.78 is 2.51. The summed E-state index contributed by atoms with van der Waals surface area (Å²) in [5, 5.41) is 7.69. The van der Waals surface area contributed by atoms with Crippen molar-refractivity contribution in [3.8, 4) is 0 Å². The zero-order chi connectivity index (χ0) is 16.4. The lowest BCUT2D eigenvalue weighted by atomic mass is 10.2. The second-order valence-corrected chi connectivity index (χ2v) is 7.41. The molecule has 1 amide bonds. The first kappa shape index (κ1) is 16.3. The molecule has 0 saturated carbocycles. The number of hydrogen-bond acceptors (Lipinski definition) is 3. The van der Waals surface area contributed by atoms with Gasteiger partial charge in [0.25, 0.3) is 5.91 Å². The van der Waals surface area contributed by atoms with E-state index >= 15 is 0 Å². The Morgan fingerprint density at radius 3 is 2.57 bits per heavy atom. The highest BCUT2D eigenvalue weighted by Crippen LogP contribution is 2.31. The number of hydrogen-bond donors (Lipinski definition) is 1. The fourth-order valence-corrected chi connectivity index (χ4v) is 3.59. The third-order valence-electron chi connectivity index (χ3n) is 3.11. The van der Waals surface area contributed by atoms with Crippen LogP contribution in [-0.4, -0.2) is 15.7 Å². The summed E-state index contributed by atoms with van der Waals surface area (Å²) >= 11 is 18.9. The molecule has 23 heavy (non-hydrogen) atoms. The first-order valence-electron chi connectivity index (χ1n) is 6.55. The third-order valence-corrected chi connectivity index (χ3v) is 4.84. The molecular weight excluding hydrogens is 377 g/mol. The molecule has 3 aromatic rings. The maximum Gasteiger partial charge on any atom is 0.259 e. The summed E-state index contributed by atoms with van der Waals surface area (Å²) in [6, 6.07) is 10.7. The van der Waals surface area contributed by atoms with E-state index in [1.807, 2.05) is 24.3 Å². The van der Waals surface area contributed by atoms with Crippen LogP contribution in [0.25, 0.3) is 0 Å². The van der Waals surface area contributed by atoms with E-state index in [0.29, 0.717) is 31.6 Å². The van der Waals surface area contributed by atoms with Gasteiger partial charge in [-0.3, -0.25) is 4.79 Å². The summed E-state index contributed by atoms with van der Waals surface area (Å²) in [5.74, 6) is 0.249. The van der Waals surface area contributed by atoms with E-state index in [1.165, 1.54) is 0 Å². The van der Waals surface area contributed by atoms with Gasteiger partial charge < -0.3 is 5.32 Å². The Bertz CT molecular complexity index is 842. The van der Waals surface area contributed by atoms with Gasteiger partial charge in [-0.25, -0.2) is 4.68 Å². The van der Waals surface area contributed by atoms with Crippen LogP contribution < -0.4 is 5.32 Å². The number of benzene rings is 1. The molecule has 0 aliphatic rings. The van der Waals surface area contributed by atoms with E-state index in [1.54, 1.807) is 23.0 Å². The summed E-state index contributed by atoms with van der Waals surface area (Å²) in [4.78, 5) is 12.3. The van der Waals surface area contributed by atoms with Crippen molar-refractivity contribution in [2.75, 3.05) is 5.32 Å². The topological polar surface area (TPSA) is 46.9 Å². The monoisotopic (exact) mass is 385 g/mol. The molecule has 2 aromatic heterocycles. The lowest BCUT2D eigenvalue weighted by Gasteiger charge is -2.09. The summed E-state index contributed by atoms with van der Waals surface area (Å²) in [7, 11) is 0. The average molecular weight is 387 g/mol. The minimum absolute atomic E-state index is 0.323. The molecule has 1 aromatic carbocycles. The van der Waals surface area contributed by atoms with E-state index in [-0.39, 0.29) is 5.91 Å². The fourth-order valence-electron chi connectivity index (χ4n) is 2.01. The standard InChI is InChI=1S/C15H10Cl3N3OS/c16-10-3-1-9(2-4-10)8-21-13(5-6-19-21)20-15(22)11-7-12(17)23-14(11)18/h1-7H,8H2,(H,20,22). The third kappa shape index (κ3) is 3.87. The number of aromatic nitrogens is 2. The van der Waals surface area contributed by atoms with Crippen molar-refractivity contribution < 1.29 is 4.79 Å². The SMILES string of the molecule is O=C(Nc1ccnn1Cc1ccc(Cl)cc1)c1cc(Cl)sc1Cl. The molecule has 0 aliphatic carbocycles. The second-order valence-electron chi connectivity index (χ2n) is 4.69. The Labute approximate surface area is 151 Å². The molecule has 8 heteroatoms. The summed E-state index contributed by atoms with van der Waals surface area (Å²) in [5.41, 5.74) is 1.37. The normalized spacial score (nSPS) is 10.7. The maximum absolute atomic E-state index is 12.3. The Morgan fingerprint density at radius 1 is 1.17 bits per heavy atom. The van der Waals surface area contributed by atoms with Gasteiger partial charge in [-0.2, -0.15) is 5.10 Å². The van der Waals surface area contributed by atoms with Gasteiger partial charge in [0, 0.05) is 11.1 Å². The Balaban J connectivity index is 1.77. The highest BCUT2D eigenvalue weighted by molar-refractivity contribution is 7.20. The van der Waals surface area contributed by atoms with Crippen molar-refractivity contribution in [1.82, 2.24) is 9.78 Å². The van der Waals surface area contributed by atoms with Crippen molar-refractivity contribution in [2.24, 2.45) is 0 Å². The minimum Gasteiger partial charge on any atom is -0.307 e. The number of rotatable bonds is 4. The van der Waals surface area contributed by atoms with Crippen molar-refractivity contribution in [3.05, 3.63) is 67.4 Å². The Hall–Kier alpha value is -1.53.